The Labute approximate surface area is 122 Å². The molecular weight excluding hydrogens is 276 g/mol. The lowest BCUT2D eigenvalue weighted by molar-refractivity contribution is -0.111. The van der Waals surface area contributed by atoms with Gasteiger partial charge in [-0.3, -0.25) is 9.59 Å². The number of Topliss-reactive ketones (excluding diaryl/α,β-unsaturated/α-hetero) is 1. The molecule has 1 heterocycles. The number of hydrogen-bond acceptors (Lipinski definition) is 4. The smallest absolute Gasteiger partial charge is 0.283 e. The number of carbonyl (C=O) groups is 2. The number of amides is 1. The maximum atomic E-state index is 12.0. The molecule has 0 aromatic heterocycles. The minimum absolute atomic E-state index is 0.00767. The molecule has 1 saturated heterocycles. The summed E-state index contributed by atoms with van der Waals surface area (Å²) in [6.45, 7) is 3.94. The number of benzene rings is 1. The third-order valence-electron chi connectivity index (χ3n) is 3.04. The monoisotopic (exact) mass is 292 g/mol. The Morgan fingerprint density at radius 1 is 1.20 bits per heavy atom. The molecule has 0 saturated carbocycles. The Morgan fingerprint density at radius 2 is 1.80 bits per heavy atom. The summed E-state index contributed by atoms with van der Waals surface area (Å²) < 4.78 is 5.22. The SMILES string of the molecule is CC(=O)c1ccc(NC(=O)C(=S)N2CCOCC2)cc1. The summed E-state index contributed by atoms with van der Waals surface area (Å²) >= 11 is 5.17. The minimum Gasteiger partial charge on any atom is -0.378 e. The number of anilines is 1. The summed E-state index contributed by atoms with van der Waals surface area (Å²) in [6.07, 6.45) is 0. The third kappa shape index (κ3) is 3.61. The first-order valence-corrected chi connectivity index (χ1v) is 6.78. The van der Waals surface area contributed by atoms with Gasteiger partial charge in [-0.15, -0.1) is 0 Å². The zero-order valence-electron chi connectivity index (χ0n) is 11.2. The molecule has 0 atom stereocenters. The normalized spacial score (nSPS) is 14.8. The summed E-state index contributed by atoms with van der Waals surface area (Å²) in [5.41, 5.74) is 1.23. The van der Waals surface area contributed by atoms with Gasteiger partial charge in [0, 0.05) is 24.3 Å². The molecule has 106 valence electrons. The number of carbonyl (C=O) groups excluding carboxylic acids is 2. The van der Waals surface area contributed by atoms with Crippen molar-refractivity contribution in [3.63, 3.8) is 0 Å². The van der Waals surface area contributed by atoms with Gasteiger partial charge in [0.2, 0.25) is 0 Å². The molecule has 20 heavy (non-hydrogen) atoms. The van der Waals surface area contributed by atoms with Crippen molar-refractivity contribution < 1.29 is 14.3 Å². The van der Waals surface area contributed by atoms with E-state index in [9.17, 15) is 9.59 Å². The fraction of sp³-hybridized carbons (Fsp3) is 0.357. The molecular formula is C14H16N2O3S. The van der Waals surface area contributed by atoms with Crippen LogP contribution in [-0.4, -0.2) is 47.9 Å². The van der Waals surface area contributed by atoms with Crippen molar-refractivity contribution in [3.05, 3.63) is 29.8 Å². The molecule has 2 rings (SSSR count). The van der Waals surface area contributed by atoms with E-state index in [-0.39, 0.29) is 16.7 Å². The molecule has 5 nitrogen and oxygen atoms in total. The Hall–Kier alpha value is -1.79. The van der Waals surface area contributed by atoms with E-state index in [1.54, 1.807) is 24.3 Å². The second-order valence-electron chi connectivity index (χ2n) is 4.49. The lowest BCUT2D eigenvalue weighted by atomic mass is 10.1. The van der Waals surface area contributed by atoms with Gasteiger partial charge in [0.1, 0.15) is 0 Å². The second kappa shape index (κ2) is 6.58. The molecule has 0 bridgehead atoms. The van der Waals surface area contributed by atoms with Gasteiger partial charge in [0.05, 0.1) is 13.2 Å². The van der Waals surface area contributed by atoms with Gasteiger partial charge in [0.25, 0.3) is 5.91 Å². The second-order valence-corrected chi connectivity index (χ2v) is 4.88. The van der Waals surface area contributed by atoms with Crippen LogP contribution in [0.1, 0.15) is 17.3 Å². The van der Waals surface area contributed by atoms with Gasteiger partial charge in [-0.2, -0.15) is 0 Å². The molecule has 1 aromatic rings. The van der Waals surface area contributed by atoms with Crippen LogP contribution >= 0.6 is 12.2 Å². The number of rotatable bonds is 2. The third-order valence-corrected chi connectivity index (χ3v) is 3.49. The number of ketones is 1. The maximum Gasteiger partial charge on any atom is 0.283 e. The molecule has 1 N–H and O–H groups in total. The van der Waals surface area contributed by atoms with Crippen molar-refractivity contribution in [2.45, 2.75) is 6.92 Å². The van der Waals surface area contributed by atoms with E-state index in [1.165, 1.54) is 6.92 Å². The van der Waals surface area contributed by atoms with Crippen molar-refractivity contribution in [3.8, 4) is 0 Å². The summed E-state index contributed by atoms with van der Waals surface area (Å²) in [6, 6.07) is 6.73. The maximum absolute atomic E-state index is 12.0. The van der Waals surface area contributed by atoms with Crippen molar-refractivity contribution in [1.82, 2.24) is 4.90 Å². The highest BCUT2D eigenvalue weighted by atomic mass is 32.1. The van der Waals surface area contributed by atoms with E-state index in [0.29, 0.717) is 37.6 Å². The lowest BCUT2D eigenvalue weighted by Crippen LogP contribution is -2.44. The van der Waals surface area contributed by atoms with Crippen LogP contribution in [0.15, 0.2) is 24.3 Å². The van der Waals surface area contributed by atoms with Crippen LogP contribution in [-0.2, 0) is 9.53 Å². The van der Waals surface area contributed by atoms with Crippen LogP contribution in [0.5, 0.6) is 0 Å². The summed E-state index contributed by atoms with van der Waals surface area (Å²) in [5.74, 6) is -0.316. The first kappa shape index (κ1) is 14.6. The topological polar surface area (TPSA) is 58.6 Å². The number of morpholine rings is 1. The van der Waals surface area contributed by atoms with Gasteiger partial charge < -0.3 is 15.0 Å². The zero-order chi connectivity index (χ0) is 14.5. The number of thiocarbonyl (C=S) groups is 1. The summed E-state index contributed by atoms with van der Waals surface area (Å²) in [5, 5.41) is 2.73. The molecule has 1 fully saturated rings. The molecule has 0 spiro atoms. The predicted molar refractivity (Wildman–Crippen MR) is 80.1 cm³/mol. The van der Waals surface area contributed by atoms with Crippen molar-refractivity contribution >= 4 is 34.6 Å². The summed E-state index contributed by atoms with van der Waals surface area (Å²) in [4.78, 5) is 25.3. The van der Waals surface area contributed by atoms with E-state index in [2.05, 4.69) is 5.32 Å². The Bertz CT molecular complexity index is 522. The average molecular weight is 292 g/mol. The van der Waals surface area contributed by atoms with Crippen LogP contribution in [0.3, 0.4) is 0 Å². The highest BCUT2D eigenvalue weighted by Gasteiger charge is 2.19. The number of nitrogens with zero attached hydrogens (tertiary/aromatic N) is 1. The fourth-order valence-electron chi connectivity index (χ4n) is 1.88. The molecule has 6 heteroatoms. The first-order chi connectivity index (χ1) is 9.58. The van der Waals surface area contributed by atoms with Crippen LogP contribution in [0.2, 0.25) is 0 Å². The zero-order valence-corrected chi connectivity index (χ0v) is 12.0. The quantitative estimate of drug-likeness (QED) is 0.661. The number of hydrogen-bond donors (Lipinski definition) is 1. The molecule has 1 aromatic carbocycles. The number of ether oxygens (including phenoxy) is 1. The van der Waals surface area contributed by atoms with Gasteiger partial charge in [-0.1, -0.05) is 12.2 Å². The molecule has 0 radical (unpaired) electrons. The Morgan fingerprint density at radius 3 is 2.35 bits per heavy atom. The van der Waals surface area contributed by atoms with Crippen LogP contribution in [0, 0.1) is 0 Å². The molecule has 0 unspecified atom stereocenters. The molecule has 0 aliphatic carbocycles. The van der Waals surface area contributed by atoms with Crippen molar-refractivity contribution in [2.75, 3.05) is 31.6 Å². The van der Waals surface area contributed by atoms with E-state index >= 15 is 0 Å². The molecule has 1 aliphatic heterocycles. The van der Waals surface area contributed by atoms with E-state index in [0.717, 1.165) is 0 Å². The standard InChI is InChI=1S/C14H16N2O3S/c1-10(17)11-2-4-12(5-3-11)15-13(18)14(20)16-6-8-19-9-7-16/h2-5H,6-9H2,1H3,(H,15,18). The Balaban J connectivity index is 1.96. The van der Waals surface area contributed by atoms with Crippen LogP contribution in [0.25, 0.3) is 0 Å². The highest BCUT2D eigenvalue weighted by molar-refractivity contribution is 7.82. The van der Waals surface area contributed by atoms with Gasteiger partial charge in [0.15, 0.2) is 10.8 Å². The van der Waals surface area contributed by atoms with Crippen LogP contribution in [0.4, 0.5) is 5.69 Å². The van der Waals surface area contributed by atoms with Crippen molar-refractivity contribution in [1.29, 1.82) is 0 Å². The summed E-state index contributed by atoms with van der Waals surface area (Å²) in [7, 11) is 0. The molecule has 1 aliphatic rings. The molecule has 1 amide bonds. The highest BCUT2D eigenvalue weighted by Crippen LogP contribution is 2.11. The first-order valence-electron chi connectivity index (χ1n) is 6.37. The average Bonchev–Trinajstić information content (AvgIpc) is 2.48. The van der Waals surface area contributed by atoms with E-state index in [1.807, 2.05) is 4.90 Å². The number of nitrogens with one attached hydrogen (secondary N) is 1. The largest absolute Gasteiger partial charge is 0.378 e. The van der Waals surface area contributed by atoms with Gasteiger partial charge in [-0.25, -0.2) is 0 Å². The van der Waals surface area contributed by atoms with Crippen molar-refractivity contribution in [2.24, 2.45) is 0 Å². The van der Waals surface area contributed by atoms with Gasteiger partial charge >= 0.3 is 0 Å². The van der Waals surface area contributed by atoms with E-state index < -0.39 is 0 Å². The fourth-order valence-corrected chi connectivity index (χ4v) is 2.12. The predicted octanol–water partition coefficient (Wildman–Crippen LogP) is 1.49. The van der Waals surface area contributed by atoms with Crippen LogP contribution < -0.4 is 5.32 Å². The Kier molecular flexibility index (Phi) is 4.81. The lowest BCUT2D eigenvalue weighted by Gasteiger charge is -2.28. The van der Waals surface area contributed by atoms with Gasteiger partial charge in [-0.05, 0) is 31.2 Å². The minimum atomic E-state index is -0.308. The van der Waals surface area contributed by atoms with E-state index in [4.69, 9.17) is 17.0 Å².